The lowest BCUT2D eigenvalue weighted by Crippen LogP contribution is -2.12. The van der Waals surface area contributed by atoms with Gasteiger partial charge in [0.2, 0.25) is 11.0 Å². The number of thioether (sulfide) groups is 1. The first-order valence-electron chi connectivity index (χ1n) is 8.31. The van der Waals surface area contributed by atoms with Gasteiger partial charge < -0.3 is 5.32 Å². The summed E-state index contributed by atoms with van der Waals surface area (Å²) in [6.45, 7) is 0. The van der Waals surface area contributed by atoms with Crippen LogP contribution in [0.3, 0.4) is 0 Å². The lowest BCUT2D eigenvalue weighted by molar-refractivity contribution is -0.116. The van der Waals surface area contributed by atoms with E-state index in [2.05, 4.69) is 15.5 Å². The Kier molecular flexibility index (Phi) is 6.67. The van der Waals surface area contributed by atoms with E-state index in [1.54, 1.807) is 12.1 Å². The predicted octanol–water partition coefficient (Wildman–Crippen LogP) is 5.53. The number of halogens is 2. The van der Waals surface area contributed by atoms with Crippen molar-refractivity contribution in [3.8, 4) is 0 Å². The van der Waals surface area contributed by atoms with E-state index in [0.717, 1.165) is 6.42 Å². The van der Waals surface area contributed by atoms with E-state index in [-0.39, 0.29) is 10.9 Å². The lowest BCUT2D eigenvalue weighted by atomic mass is 10.0. The van der Waals surface area contributed by atoms with Crippen molar-refractivity contribution in [2.45, 2.75) is 48.6 Å². The highest BCUT2D eigenvalue weighted by molar-refractivity contribution is 8.00. The van der Waals surface area contributed by atoms with Crippen molar-refractivity contribution in [3.63, 3.8) is 0 Å². The minimum absolute atomic E-state index is 0.0134. The van der Waals surface area contributed by atoms with Gasteiger partial charge in [-0.3, -0.25) is 4.79 Å². The predicted molar refractivity (Wildman–Crippen MR) is 101 cm³/mol. The van der Waals surface area contributed by atoms with Crippen molar-refractivity contribution in [2.75, 3.05) is 5.32 Å². The first-order valence-corrected chi connectivity index (χ1v) is 10.5. The van der Waals surface area contributed by atoms with Gasteiger partial charge in [0, 0.05) is 12.2 Å². The summed E-state index contributed by atoms with van der Waals surface area (Å²) >= 11 is 8.45. The largest absolute Gasteiger partial charge is 0.301 e. The van der Waals surface area contributed by atoms with Crippen LogP contribution in [-0.4, -0.2) is 16.1 Å². The van der Waals surface area contributed by atoms with Crippen LogP contribution in [0.15, 0.2) is 22.5 Å². The van der Waals surface area contributed by atoms with Crippen molar-refractivity contribution in [3.05, 3.63) is 34.6 Å². The Morgan fingerprint density at radius 3 is 2.96 bits per heavy atom. The number of rotatable bonds is 7. The molecule has 1 aromatic heterocycles. The standard InChI is InChI=1S/C17H19ClFN3OS2/c18-13-7-3-6-12(15(13)19)10-24-17-22-21-16(25-17)20-14(23)9-8-11-4-1-2-5-11/h3,6-7,11H,1-2,4-5,8-10H2,(H,20,21,23). The fourth-order valence-electron chi connectivity index (χ4n) is 2.93. The maximum Gasteiger partial charge on any atom is 0.226 e. The molecule has 0 unspecified atom stereocenters. The summed E-state index contributed by atoms with van der Waals surface area (Å²) in [6, 6.07) is 4.94. The number of carbonyl (C=O) groups is 1. The summed E-state index contributed by atoms with van der Waals surface area (Å²) in [5, 5.41) is 11.4. The molecule has 0 spiro atoms. The van der Waals surface area contributed by atoms with Gasteiger partial charge in [0.05, 0.1) is 5.02 Å². The van der Waals surface area contributed by atoms with Crippen LogP contribution in [0.2, 0.25) is 5.02 Å². The number of benzene rings is 1. The number of amides is 1. The van der Waals surface area contributed by atoms with Crippen molar-refractivity contribution in [1.82, 2.24) is 10.2 Å². The molecule has 0 radical (unpaired) electrons. The van der Waals surface area contributed by atoms with E-state index in [0.29, 0.717) is 33.1 Å². The van der Waals surface area contributed by atoms with Crippen LogP contribution >= 0.6 is 34.7 Å². The SMILES string of the molecule is O=C(CCC1CCCC1)Nc1nnc(SCc2cccc(Cl)c2F)s1. The Morgan fingerprint density at radius 2 is 2.16 bits per heavy atom. The molecule has 0 aliphatic heterocycles. The molecule has 134 valence electrons. The molecular formula is C17H19ClFN3OS2. The third-order valence-electron chi connectivity index (χ3n) is 4.29. The Hall–Kier alpha value is -1.18. The highest BCUT2D eigenvalue weighted by Gasteiger charge is 2.17. The molecule has 2 aromatic rings. The molecule has 1 aromatic carbocycles. The van der Waals surface area contributed by atoms with Gasteiger partial charge in [-0.25, -0.2) is 4.39 Å². The third kappa shape index (κ3) is 5.39. The Balaban J connectivity index is 1.46. The monoisotopic (exact) mass is 399 g/mol. The summed E-state index contributed by atoms with van der Waals surface area (Å²) in [5.74, 6) is 0.692. The zero-order valence-electron chi connectivity index (χ0n) is 13.6. The lowest BCUT2D eigenvalue weighted by Gasteiger charge is -2.07. The molecule has 8 heteroatoms. The Morgan fingerprint density at radius 1 is 1.36 bits per heavy atom. The molecule has 1 N–H and O–H groups in total. The van der Waals surface area contributed by atoms with Gasteiger partial charge in [0.25, 0.3) is 0 Å². The van der Waals surface area contributed by atoms with E-state index < -0.39 is 5.82 Å². The Bertz CT molecular complexity index is 734. The molecule has 0 atom stereocenters. The van der Waals surface area contributed by atoms with Crippen molar-refractivity contribution < 1.29 is 9.18 Å². The first-order chi connectivity index (χ1) is 12.1. The molecule has 1 fully saturated rings. The number of hydrogen-bond donors (Lipinski definition) is 1. The summed E-state index contributed by atoms with van der Waals surface area (Å²) in [7, 11) is 0. The topological polar surface area (TPSA) is 54.9 Å². The van der Waals surface area contributed by atoms with Crippen molar-refractivity contribution in [1.29, 1.82) is 0 Å². The fourth-order valence-corrected chi connectivity index (χ4v) is 4.87. The van der Waals surface area contributed by atoms with Crippen LogP contribution in [0.4, 0.5) is 9.52 Å². The maximum absolute atomic E-state index is 13.9. The van der Waals surface area contributed by atoms with E-state index in [1.165, 1.54) is 54.8 Å². The van der Waals surface area contributed by atoms with Crippen molar-refractivity contribution >= 4 is 45.7 Å². The number of nitrogens with one attached hydrogen (secondary N) is 1. The fraction of sp³-hybridized carbons (Fsp3) is 0.471. The van der Waals surface area contributed by atoms with Crippen LogP contribution in [0.5, 0.6) is 0 Å². The van der Waals surface area contributed by atoms with Gasteiger partial charge in [0.1, 0.15) is 5.82 Å². The number of nitrogens with zero attached hydrogens (tertiary/aromatic N) is 2. The van der Waals surface area contributed by atoms with Crippen LogP contribution in [-0.2, 0) is 10.5 Å². The molecule has 3 rings (SSSR count). The summed E-state index contributed by atoms with van der Waals surface area (Å²) in [4.78, 5) is 12.0. The molecule has 25 heavy (non-hydrogen) atoms. The van der Waals surface area contributed by atoms with Crippen LogP contribution < -0.4 is 5.32 Å². The van der Waals surface area contributed by atoms with Gasteiger partial charge >= 0.3 is 0 Å². The molecule has 1 aliphatic rings. The smallest absolute Gasteiger partial charge is 0.226 e. The van der Waals surface area contributed by atoms with E-state index in [4.69, 9.17) is 11.6 Å². The number of hydrogen-bond acceptors (Lipinski definition) is 5. The summed E-state index contributed by atoms with van der Waals surface area (Å²) in [5.41, 5.74) is 0.523. The van der Waals surface area contributed by atoms with E-state index in [1.807, 2.05) is 0 Å². The minimum Gasteiger partial charge on any atom is -0.301 e. The average molecular weight is 400 g/mol. The zero-order valence-corrected chi connectivity index (χ0v) is 16.0. The molecule has 1 aliphatic carbocycles. The first kappa shape index (κ1) is 18.6. The molecular weight excluding hydrogens is 381 g/mol. The average Bonchev–Trinajstić information content (AvgIpc) is 3.26. The summed E-state index contributed by atoms with van der Waals surface area (Å²) in [6.07, 6.45) is 6.54. The number of aromatic nitrogens is 2. The van der Waals surface area contributed by atoms with Crippen LogP contribution in [0.25, 0.3) is 0 Å². The minimum atomic E-state index is -0.401. The van der Waals surface area contributed by atoms with E-state index >= 15 is 0 Å². The van der Waals surface area contributed by atoms with Crippen LogP contribution in [0.1, 0.15) is 44.1 Å². The van der Waals surface area contributed by atoms with Gasteiger partial charge in [-0.2, -0.15) is 0 Å². The normalized spacial score (nSPS) is 14.8. The molecule has 1 heterocycles. The maximum atomic E-state index is 13.9. The summed E-state index contributed by atoms with van der Waals surface area (Å²) < 4.78 is 14.5. The van der Waals surface area contributed by atoms with Crippen molar-refractivity contribution in [2.24, 2.45) is 5.92 Å². The van der Waals surface area contributed by atoms with Crippen LogP contribution in [0, 0.1) is 11.7 Å². The van der Waals surface area contributed by atoms with Gasteiger partial charge in [-0.05, 0) is 24.0 Å². The van der Waals surface area contributed by atoms with Gasteiger partial charge in [-0.1, -0.05) is 72.5 Å². The van der Waals surface area contributed by atoms with Gasteiger partial charge in [0.15, 0.2) is 4.34 Å². The second-order valence-electron chi connectivity index (χ2n) is 6.11. The number of carbonyl (C=O) groups excluding carboxylic acids is 1. The molecule has 1 amide bonds. The van der Waals surface area contributed by atoms with Gasteiger partial charge in [-0.15, -0.1) is 10.2 Å². The zero-order chi connectivity index (χ0) is 17.6. The molecule has 4 nitrogen and oxygen atoms in total. The Labute approximate surface area is 159 Å². The quantitative estimate of drug-likeness (QED) is 0.491. The van der Waals surface area contributed by atoms with E-state index in [9.17, 15) is 9.18 Å². The number of anilines is 1. The highest BCUT2D eigenvalue weighted by atomic mass is 35.5. The third-order valence-corrected chi connectivity index (χ3v) is 6.60. The molecule has 0 bridgehead atoms. The highest BCUT2D eigenvalue weighted by Crippen LogP contribution is 2.31. The second-order valence-corrected chi connectivity index (χ2v) is 8.72. The molecule has 0 saturated heterocycles. The molecule has 1 saturated carbocycles. The second kappa shape index (κ2) is 8.96.